The van der Waals surface area contributed by atoms with E-state index in [0.717, 1.165) is 15.6 Å². The number of benzene rings is 3. The van der Waals surface area contributed by atoms with E-state index in [9.17, 15) is 4.79 Å². The summed E-state index contributed by atoms with van der Waals surface area (Å²) in [5.74, 6) is 1.60. The molecule has 32 heavy (non-hydrogen) atoms. The second-order valence-corrected chi connectivity index (χ2v) is 7.82. The van der Waals surface area contributed by atoms with E-state index in [1.165, 1.54) is 6.33 Å². The molecule has 3 aromatic carbocycles. The fraction of sp³-hybridized carbons (Fsp3) is 0.0800. The molecule has 1 aromatic heterocycles. The summed E-state index contributed by atoms with van der Waals surface area (Å²) in [5, 5.41) is 2.93. The molecular weight excluding hydrogens is 470 g/mol. The van der Waals surface area contributed by atoms with E-state index in [-0.39, 0.29) is 5.91 Å². The Morgan fingerprint density at radius 2 is 1.69 bits per heavy atom. The van der Waals surface area contributed by atoms with E-state index in [1.54, 1.807) is 31.4 Å². The van der Waals surface area contributed by atoms with Crippen LogP contribution in [0.1, 0.15) is 15.9 Å². The van der Waals surface area contributed by atoms with E-state index in [1.807, 2.05) is 54.6 Å². The zero-order chi connectivity index (χ0) is 22.3. The molecule has 6 nitrogen and oxygen atoms in total. The Labute approximate surface area is 194 Å². The molecule has 4 rings (SSSR count). The summed E-state index contributed by atoms with van der Waals surface area (Å²) >= 11 is 3.41. The molecular formula is C25H20BrN3O3. The maximum atomic E-state index is 12.5. The fourth-order valence-electron chi connectivity index (χ4n) is 3.02. The van der Waals surface area contributed by atoms with E-state index in [4.69, 9.17) is 9.47 Å². The molecule has 0 aliphatic rings. The molecule has 1 amide bonds. The van der Waals surface area contributed by atoms with Gasteiger partial charge < -0.3 is 14.8 Å². The maximum absolute atomic E-state index is 12.5. The Morgan fingerprint density at radius 1 is 0.938 bits per heavy atom. The number of aromatic nitrogens is 2. The van der Waals surface area contributed by atoms with Crippen molar-refractivity contribution >= 4 is 21.8 Å². The Morgan fingerprint density at radius 3 is 2.44 bits per heavy atom. The van der Waals surface area contributed by atoms with Crippen molar-refractivity contribution in [1.82, 2.24) is 15.3 Å². The van der Waals surface area contributed by atoms with Gasteiger partial charge in [0, 0.05) is 34.3 Å². The summed E-state index contributed by atoms with van der Waals surface area (Å²) in [5.41, 5.74) is 3.16. The quantitative estimate of drug-likeness (QED) is 0.363. The number of nitrogens with one attached hydrogen (secondary N) is 1. The minimum atomic E-state index is -0.135. The molecule has 1 heterocycles. The largest absolute Gasteiger partial charge is 0.497 e. The van der Waals surface area contributed by atoms with Crippen LogP contribution in [0.3, 0.4) is 0 Å². The Bertz CT molecular complexity index is 1210. The molecule has 1 N–H and O–H groups in total. The van der Waals surface area contributed by atoms with Crippen molar-refractivity contribution in [3.05, 3.63) is 101 Å². The lowest BCUT2D eigenvalue weighted by atomic mass is 10.1. The van der Waals surface area contributed by atoms with Gasteiger partial charge in [-0.05, 0) is 42.0 Å². The van der Waals surface area contributed by atoms with Crippen molar-refractivity contribution in [2.75, 3.05) is 7.11 Å². The van der Waals surface area contributed by atoms with Crippen molar-refractivity contribution in [3.8, 4) is 28.6 Å². The third-order valence-corrected chi connectivity index (χ3v) is 5.24. The standard InChI is InChI=1S/C25H20BrN3O3/c1-31-21-3-2-4-22(13-21)32-24-14-23(28-16-29-24)18-7-9-19(10-8-18)25(30)27-15-17-5-11-20(26)12-6-17/h2-14,16H,15H2,1H3,(H,27,30). The van der Waals surface area contributed by atoms with Crippen LogP contribution < -0.4 is 14.8 Å². The Kier molecular flexibility index (Phi) is 6.77. The highest BCUT2D eigenvalue weighted by Gasteiger charge is 2.08. The van der Waals surface area contributed by atoms with Crippen molar-refractivity contribution in [2.24, 2.45) is 0 Å². The van der Waals surface area contributed by atoms with Gasteiger partial charge in [0.25, 0.3) is 5.91 Å². The number of methoxy groups -OCH3 is 1. The number of nitrogens with zero attached hydrogens (tertiary/aromatic N) is 2. The van der Waals surface area contributed by atoms with Gasteiger partial charge in [-0.2, -0.15) is 0 Å². The van der Waals surface area contributed by atoms with Crippen molar-refractivity contribution < 1.29 is 14.3 Å². The lowest BCUT2D eigenvalue weighted by Crippen LogP contribution is -2.22. The van der Waals surface area contributed by atoms with Crippen LogP contribution in [-0.2, 0) is 6.54 Å². The highest BCUT2D eigenvalue weighted by atomic mass is 79.9. The molecule has 160 valence electrons. The number of hydrogen-bond donors (Lipinski definition) is 1. The van der Waals surface area contributed by atoms with Crippen LogP contribution >= 0.6 is 15.9 Å². The summed E-state index contributed by atoms with van der Waals surface area (Å²) in [4.78, 5) is 21.0. The topological polar surface area (TPSA) is 73.3 Å². The molecule has 0 fully saturated rings. The van der Waals surface area contributed by atoms with Gasteiger partial charge in [-0.15, -0.1) is 0 Å². The number of carbonyl (C=O) groups is 1. The van der Waals surface area contributed by atoms with Crippen LogP contribution in [0.25, 0.3) is 11.3 Å². The maximum Gasteiger partial charge on any atom is 0.251 e. The molecule has 7 heteroatoms. The van der Waals surface area contributed by atoms with Gasteiger partial charge in [0.15, 0.2) is 0 Å². The predicted molar refractivity (Wildman–Crippen MR) is 126 cm³/mol. The first-order valence-electron chi connectivity index (χ1n) is 9.88. The van der Waals surface area contributed by atoms with Gasteiger partial charge in [0.2, 0.25) is 5.88 Å². The summed E-state index contributed by atoms with van der Waals surface area (Å²) in [6.07, 6.45) is 1.45. The van der Waals surface area contributed by atoms with Crippen LogP contribution in [-0.4, -0.2) is 23.0 Å². The molecule has 0 spiro atoms. The fourth-order valence-corrected chi connectivity index (χ4v) is 3.28. The normalized spacial score (nSPS) is 10.4. The molecule has 0 aliphatic heterocycles. The Hall–Kier alpha value is -3.71. The SMILES string of the molecule is COc1cccc(Oc2cc(-c3ccc(C(=O)NCc4ccc(Br)cc4)cc3)ncn2)c1. The summed E-state index contributed by atoms with van der Waals surface area (Å²) in [6.45, 7) is 0.463. The monoisotopic (exact) mass is 489 g/mol. The average Bonchev–Trinajstić information content (AvgIpc) is 2.84. The average molecular weight is 490 g/mol. The number of hydrogen-bond acceptors (Lipinski definition) is 5. The summed E-state index contributed by atoms with van der Waals surface area (Å²) in [7, 11) is 1.60. The molecule has 0 atom stereocenters. The molecule has 0 saturated heterocycles. The first-order valence-corrected chi connectivity index (χ1v) is 10.7. The second kappa shape index (κ2) is 10.1. The highest BCUT2D eigenvalue weighted by Crippen LogP contribution is 2.26. The third kappa shape index (κ3) is 5.50. The van der Waals surface area contributed by atoms with Crippen LogP contribution in [0.15, 0.2) is 89.7 Å². The first kappa shape index (κ1) is 21.5. The number of ether oxygens (including phenoxy) is 2. The lowest BCUT2D eigenvalue weighted by molar-refractivity contribution is 0.0951. The van der Waals surface area contributed by atoms with Crippen molar-refractivity contribution in [3.63, 3.8) is 0 Å². The van der Waals surface area contributed by atoms with E-state index < -0.39 is 0 Å². The molecule has 0 saturated carbocycles. The second-order valence-electron chi connectivity index (χ2n) is 6.91. The van der Waals surface area contributed by atoms with E-state index >= 15 is 0 Å². The Balaban J connectivity index is 1.42. The molecule has 4 aromatic rings. The van der Waals surface area contributed by atoms with Crippen LogP contribution in [0.2, 0.25) is 0 Å². The van der Waals surface area contributed by atoms with Gasteiger partial charge >= 0.3 is 0 Å². The van der Waals surface area contributed by atoms with Crippen LogP contribution in [0.4, 0.5) is 0 Å². The number of carbonyl (C=O) groups excluding carboxylic acids is 1. The first-order chi connectivity index (χ1) is 15.6. The lowest BCUT2D eigenvalue weighted by Gasteiger charge is -2.08. The zero-order valence-corrected chi connectivity index (χ0v) is 18.9. The molecule has 0 aliphatic carbocycles. The molecule has 0 radical (unpaired) electrons. The predicted octanol–water partition coefficient (Wildman–Crippen LogP) is 5.64. The van der Waals surface area contributed by atoms with E-state index in [0.29, 0.717) is 35.2 Å². The van der Waals surface area contributed by atoms with E-state index in [2.05, 4.69) is 31.2 Å². The minimum Gasteiger partial charge on any atom is -0.497 e. The minimum absolute atomic E-state index is 0.135. The van der Waals surface area contributed by atoms with Crippen LogP contribution in [0.5, 0.6) is 17.4 Å². The van der Waals surface area contributed by atoms with Crippen molar-refractivity contribution in [2.45, 2.75) is 6.54 Å². The molecule has 0 unspecified atom stereocenters. The smallest absolute Gasteiger partial charge is 0.251 e. The summed E-state index contributed by atoms with van der Waals surface area (Å²) < 4.78 is 12.0. The molecule has 0 bridgehead atoms. The summed E-state index contributed by atoms with van der Waals surface area (Å²) in [6, 6.07) is 24.1. The highest BCUT2D eigenvalue weighted by molar-refractivity contribution is 9.10. The van der Waals surface area contributed by atoms with Gasteiger partial charge in [0.05, 0.1) is 12.8 Å². The zero-order valence-electron chi connectivity index (χ0n) is 17.3. The number of rotatable bonds is 7. The number of halogens is 1. The van der Waals surface area contributed by atoms with Gasteiger partial charge in [0.1, 0.15) is 17.8 Å². The number of amides is 1. The van der Waals surface area contributed by atoms with Gasteiger partial charge in [-0.25, -0.2) is 9.97 Å². The van der Waals surface area contributed by atoms with Crippen molar-refractivity contribution in [1.29, 1.82) is 0 Å². The third-order valence-electron chi connectivity index (χ3n) is 4.71. The van der Waals surface area contributed by atoms with Gasteiger partial charge in [-0.1, -0.05) is 46.3 Å². The van der Waals surface area contributed by atoms with Gasteiger partial charge in [-0.3, -0.25) is 4.79 Å². The van der Waals surface area contributed by atoms with Crippen LogP contribution in [0, 0.1) is 0 Å².